The minimum atomic E-state index is -0.816. The van der Waals surface area contributed by atoms with Crippen molar-refractivity contribution >= 4 is 16.8 Å². The van der Waals surface area contributed by atoms with Crippen LogP contribution >= 0.6 is 0 Å². The second kappa shape index (κ2) is 4.16. The molecule has 3 aromatic rings. The fourth-order valence-corrected chi connectivity index (χ4v) is 2.05. The van der Waals surface area contributed by atoms with Gasteiger partial charge in [-0.1, -0.05) is 18.2 Å². The molecule has 2 heterocycles. The Balaban J connectivity index is 2.43. The van der Waals surface area contributed by atoms with Gasteiger partial charge in [-0.25, -0.2) is 9.97 Å². The first-order chi connectivity index (χ1) is 9.20. The molecule has 2 aromatic heterocycles. The van der Waals surface area contributed by atoms with E-state index in [2.05, 4.69) is 9.97 Å². The molecule has 2 N–H and O–H groups in total. The van der Waals surface area contributed by atoms with Crippen LogP contribution in [0, 0.1) is 5.95 Å². The molecule has 3 rings (SSSR count). The lowest BCUT2D eigenvalue weighted by atomic mass is 10.2. The number of hydrogen-bond acceptors (Lipinski definition) is 3. The van der Waals surface area contributed by atoms with Crippen molar-refractivity contribution in [3.05, 3.63) is 54.2 Å². The number of halogens is 1. The van der Waals surface area contributed by atoms with Gasteiger partial charge in [-0.2, -0.15) is 4.39 Å². The number of primary amides is 1. The lowest BCUT2D eigenvalue weighted by molar-refractivity contribution is 0.0997. The number of fused-ring (bicyclic) bond motifs is 1. The molecule has 0 bridgehead atoms. The molecule has 5 nitrogen and oxygen atoms in total. The average molecular weight is 256 g/mol. The maximum Gasteiger partial charge on any atom is 0.253 e. The summed E-state index contributed by atoms with van der Waals surface area (Å²) < 4.78 is 15.6. The van der Waals surface area contributed by atoms with Crippen molar-refractivity contribution in [1.29, 1.82) is 0 Å². The van der Waals surface area contributed by atoms with Gasteiger partial charge in [-0.05, 0) is 12.1 Å². The molecule has 0 aliphatic heterocycles. The van der Waals surface area contributed by atoms with Gasteiger partial charge in [0.15, 0.2) is 0 Å². The monoisotopic (exact) mass is 256 g/mol. The summed E-state index contributed by atoms with van der Waals surface area (Å²) in [6, 6.07) is 8.40. The molecule has 1 aromatic carbocycles. The quantitative estimate of drug-likeness (QED) is 0.757. The zero-order valence-corrected chi connectivity index (χ0v) is 9.75. The highest BCUT2D eigenvalue weighted by atomic mass is 19.1. The second-order valence-corrected chi connectivity index (χ2v) is 3.93. The summed E-state index contributed by atoms with van der Waals surface area (Å²) in [5.74, 6) is -1.41. The molecule has 0 aliphatic rings. The maximum atomic E-state index is 14.4. The van der Waals surface area contributed by atoms with Gasteiger partial charge in [-0.3, -0.25) is 9.36 Å². The molecule has 0 saturated heterocycles. The van der Waals surface area contributed by atoms with Gasteiger partial charge in [-0.15, -0.1) is 0 Å². The van der Waals surface area contributed by atoms with Gasteiger partial charge in [0.2, 0.25) is 11.9 Å². The predicted octanol–water partition coefficient (Wildman–Crippen LogP) is 1.66. The zero-order valence-electron chi connectivity index (χ0n) is 9.75. The van der Waals surface area contributed by atoms with E-state index in [1.807, 2.05) is 0 Å². The molecular weight excluding hydrogens is 247 g/mol. The summed E-state index contributed by atoms with van der Waals surface area (Å²) in [5.41, 5.74) is 5.59. The molecule has 0 radical (unpaired) electrons. The largest absolute Gasteiger partial charge is 0.365 e. The molecule has 94 valence electrons. The third kappa shape index (κ3) is 1.65. The molecule has 0 saturated carbocycles. The number of amides is 1. The number of carbonyl (C=O) groups excluding carboxylic acids is 1. The van der Waals surface area contributed by atoms with E-state index in [9.17, 15) is 9.18 Å². The smallest absolute Gasteiger partial charge is 0.253 e. The van der Waals surface area contributed by atoms with Crippen LogP contribution in [0.15, 0.2) is 42.7 Å². The number of carbonyl (C=O) groups is 1. The minimum Gasteiger partial charge on any atom is -0.365 e. The number of hydrogen-bond donors (Lipinski definition) is 1. The second-order valence-electron chi connectivity index (χ2n) is 3.93. The van der Waals surface area contributed by atoms with E-state index in [0.717, 1.165) is 0 Å². The van der Waals surface area contributed by atoms with E-state index < -0.39 is 11.9 Å². The Bertz CT molecular complexity index is 767. The van der Waals surface area contributed by atoms with Gasteiger partial charge in [0.1, 0.15) is 5.56 Å². The summed E-state index contributed by atoms with van der Waals surface area (Å²) in [4.78, 5) is 19.4. The van der Waals surface area contributed by atoms with E-state index in [-0.39, 0.29) is 11.5 Å². The van der Waals surface area contributed by atoms with Gasteiger partial charge >= 0.3 is 0 Å². The summed E-state index contributed by atoms with van der Waals surface area (Å²) in [7, 11) is 0. The first kappa shape index (κ1) is 11.3. The van der Waals surface area contributed by atoms with Crippen molar-refractivity contribution in [3.8, 4) is 5.95 Å². The van der Waals surface area contributed by atoms with Crippen LogP contribution in [0.2, 0.25) is 0 Å². The van der Waals surface area contributed by atoms with Crippen LogP contribution in [0.3, 0.4) is 0 Å². The Hall–Kier alpha value is -2.76. The summed E-state index contributed by atoms with van der Waals surface area (Å²) in [5, 5.41) is 0.444. The average Bonchev–Trinajstić information content (AvgIpc) is 2.71. The standard InChI is InChI=1S/C13H9FN4O/c14-11-10(12(15)19)8-4-1-2-5-9(8)18(11)13-16-6-3-7-17-13/h1-7H,(H2,15,19). The molecule has 0 atom stereocenters. The van der Waals surface area contributed by atoms with Crippen LogP contribution in [-0.2, 0) is 0 Å². The Morgan fingerprint density at radius 2 is 1.84 bits per heavy atom. The van der Waals surface area contributed by atoms with Gasteiger partial charge in [0.05, 0.1) is 5.52 Å². The highest BCUT2D eigenvalue weighted by molar-refractivity contribution is 6.06. The topological polar surface area (TPSA) is 73.8 Å². The van der Waals surface area contributed by atoms with Crippen molar-refractivity contribution in [2.75, 3.05) is 0 Å². The zero-order chi connectivity index (χ0) is 13.4. The number of aromatic nitrogens is 3. The number of nitrogens with zero attached hydrogens (tertiary/aromatic N) is 3. The summed E-state index contributed by atoms with van der Waals surface area (Å²) in [6.07, 6.45) is 3.00. The van der Waals surface area contributed by atoms with E-state index in [4.69, 9.17) is 5.73 Å². The highest BCUT2D eigenvalue weighted by Gasteiger charge is 2.22. The molecule has 0 spiro atoms. The fourth-order valence-electron chi connectivity index (χ4n) is 2.05. The Morgan fingerprint density at radius 1 is 1.16 bits per heavy atom. The van der Waals surface area contributed by atoms with Crippen molar-refractivity contribution in [1.82, 2.24) is 14.5 Å². The Morgan fingerprint density at radius 3 is 2.53 bits per heavy atom. The SMILES string of the molecule is NC(=O)c1c(F)n(-c2ncccn2)c2ccccc12. The van der Waals surface area contributed by atoms with E-state index in [0.29, 0.717) is 10.9 Å². The van der Waals surface area contributed by atoms with Crippen LogP contribution in [0.25, 0.3) is 16.9 Å². The lowest BCUT2D eigenvalue weighted by Gasteiger charge is -2.02. The minimum absolute atomic E-state index is 0.150. The van der Waals surface area contributed by atoms with Gasteiger partial charge in [0.25, 0.3) is 5.91 Å². The third-order valence-electron chi connectivity index (χ3n) is 2.82. The number of benzene rings is 1. The molecule has 1 amide bonds. The van der Waals surface area contributed by atoms with Crippen LogP contribution in [-0.4, -0.2) is 20.4 Å². The van der Waals surface area contributed by atoms with E-state index >= 15 is 0 Å². The maximum absolute atomic E-state index is 14.4. The van der Waals surface area contributed by atoms with Crippen molar-refractivity contribution in [2.45, 2.75) is 0 Å². The number of rotatable bonds is 2. The molecule has 6 heteroatoms. The highest BCUT2D eigenvalue weighted by Crippen LogP contribution is 2.26. The Labute approximate surface area is 107 Å². The van der Waals surface area contributed by atoms with Crippen LogP contribution in [0.5, 0.6) is 0 Å². The summed E-state index contributed by atoms with van der Waals surface area (Å²) >= 11 is 0. The summed E-state index contributed by atoms with van der Waals surface area (Å²) in [6.45, 7) is 0. The normalized spacial score (nSPS) is 10.8. The molecule has 0 aliphatic carbocycles. The van der Waals surface area contributed by atoms with E-state index in [1.165, 1.54) is 17.0 Å². The molecule has 0 fully saturated rings. The first-order valence-corrected chi connectivity index (χ1v) is 5.56. The van der Waals surface area contributed by atoms with Crippen molar-refractivity contribution in [2.24, 2.45) is 5.73 Å². The first-order valence-electron chi connectivity index (χ1n) is 5.56. The Kier molecular flexibility index (Phi) is 2.49. The number of nitrogens with two attached hydrogens (primary N) is 1. The molecule has 0 unspecified atom stereocenters. The molecule has 19 heavy (non-hydrogen) atoms. The molecular formula is C13H9FN4O. The predicted molar refractivity (Wildman–Crippen MR) is 67.3 cm³/mol. The fraction of sp³-hybridized carbons (Fsp3) is 0. The lowest BCUT2D eigenvalue weighted by Crippen LogP contribution is -2.13. The number of para-hydroxylation sites is 1. The van der Waals surface area contributed by atoms with Crippen molar-refractivity contribution in [3.63, 3.8) is 0 Å². The van der Waals surface area contributed by atoms with E-state index in [1.54, 1.807) is 30.3 Å². The van der Waals surface area contributed by atoms with Crippen molar-refractivity contribution < 1.29 is 9.18 Å². The van der Waals surface area contributed by atoms with Crippen LogP contribution in [0.1, 0.15) is 10.4 Å². The van der Waals surface area contributed by atoms with Crippen LogP contribution < -0.4 is 5.73 Å². The van der Waals surface area contributed by atoms with Gasteiger partial charge in [0, 0.05) is 17.8 Å². The third-order valence-corrected chi connectivity index (χ3v) is 2.82. The van der Waals surface area contributed by atoms with Crippen LogP contribution in [0.4, 0.5) is 4.39 Å². The van der Waals surface area contributed by atoms with Gasteiger partial charge < -0.3 is 5.73 Å².